The molecule has 31 heavy (non-hydrogen) atoms. The second kappa shape index (κ2) is 11.2. The minimum absolute atomic E-state index is 0.0334. The Morgan fingerprint density at radius 3 is 2.45 bits per heavy atom. The molecule has 3 amide bonds. The maximum Gasteiger partial charge on any atom is 0.243 e. The number of furan rings is 1. The molecule has 1 fully saturated rings. The van der Waals surface area contributed by atoms with Crippen LogP contribution < -0.4 is 15.4 Å². The van der Waals surface area contributed by atoms with Gasteiger partial charge in [0.1, 0.15) is 18.1 Å². The Morgan fingerprint density at radius 2 is 1.81 bits per heavy atom. The molecule has 2 aromatic rings. The smallest absolute Gasteiger partial charge is 0.243 e. The summed E-state index contributed by atoms with van der Waals surface area (Å²) in [5.74, 6) is 0.471. The summed E-state index contributed by atoms with van der Waals surface area (Å²) < 4.78 is 10.4. The molecule has 0 aliphatic heterocycles. The van der Waals surface area contributed by atoms with Gasteiger partial charge in [-0.15, -0.1) is 0 Å². The van der Waals surface area contributed by atoms with E-state index in [2.05, 4.69) is 10.6 Å². The average molecular weight is 428 g/mol. The third kappa shape index (κ3) is 6.87. The fraction of sp³-hybridized carbons (Fsp3) is 0.435. The van der Waals surface area contributed by atoms with Crippen molar-refractivity contribution in [3.63, 3.8) is 0 Å². The van der Waals surface area contributed by atoms with Gasteiger partial charge in [-0.05, 0) is 49.2 Å². The summed E-state index contributed by atoms with van der Waals surface area (Å²) >= 11 is 0. The lowest BCUT2D eigenvalue weighted by molar-refractivity contribution is -0.141. The van der Waals surface area contributed by atoms with E-state index in [1.165, 1.54) is 4.90 Å². The molecule has 8 nitrogen and oxygen atoms in total. The number of nitrogens with one attached hydrogen (secondary N) is 2. The molecule has 1 saturated carbocycles. The first-order chi connectivity index (χ1) is 15.0. The molecule has 0 atom stereocenters. The van der Waals surface area contributed by atoms with E-state index in [0.29, 0.717) is 17.2 Å². The molecule has 0 unspecified atom stereocenters. The number of anilines is 1. The highest BCUT2D eigenvalue weighted by atomic mass is 16.5. The normalized spacial score (nSPS) is 14.0. The van der Waals surface area contributed by atoms with Crippen LogP contribution in [0.15, 0.2) is 47.1 Å². The highest BCUT2D eigenvalue weighted by Crippen LogP contribution is 2.26. The monoisotopic (exact) mass is 427 g/mol. The summed E-state index contributed by atoms with van der Waals surface area (Å²) in [5.41, 5.74) is 0.604. The Kier molecular flexibility index (Phi) is 8.09. The molecular weight excluding hydrogens is 398 g/mol. The molecule has 3 rings (SSSR count). The van der Waals surface area contributed by atoms with Crippen molar-refractivity contribution in [2.75, 3.05) is 25.5 Å². The summed E-state index contributed by atoms with van der Waals surface area (Å²) in [6.07, 6.45) is 6.44. The number of carbonyl (C=O) groups excluding carboxylic acids is 3. The van der Waals surface area contributed by atoms with Crippen LogP contribution >= 0.6 is 0 Å². The second-order valence-corrected chi connectivity index (χ2v) is 7.66. The lowest BCUT2D eigenvalue weighted by Gasteiger charge is -2.28. The standard InChI is InChI=1S/C23H29N3O5/c1-30-19-11-9-18(10-12-19)25-21(27)14-24-22(28)16-26(15-20-8-5-13-31-20)23(29)17-6-3-2-4-7-17/h5,8-13,17H,2-4,6-7,14-16H2,1H3,(H,24,28)(H,25,27). The molecule has 8 heteroatoms. The first-order valence-corrected chi connectivity index (χ1v) is 10.6. The van der Waals surface area contributed by atoms with Crippen LogP contribution in [-0.2, 0) is 20.9 Å². The number of ether oxygens (including phenoxy) is 1. The molecule has 2 N–H and O–H groups in total. The van der Waals surface area contributed by atoms with Gasteiger partial charge in [0.2, 0.25) is 17.7 Å². The van der Waals surface area contributed by atoms with Crippen LogP contribution in [0.1, 0.15) is 37.9 Å². The van der Waals surface area contributed by atoms with E-state index in [1.807, 2.05) is 0 Å². The summed E-state index contributed by atoms with van der Waals surface area (Å²) in [6.45, 7) is -0.0727. The van der Waals surface area contributed by atoms with Gasteiger partial charge in [-0.1, -0.05) is 19.3 Å². The Bertz CT molecular complexity index is 858. The number of methoxy groups -OCH3 is 1. The Morgan fingerprint density at radius 1 is 1.06 bits per heavy atom. The topological polar surface area (TPSA) is 101 Å². The summed E-state index contributed by atoms with van der Waals surface area (Å²) in [5, 5.41) is 5.30. The zero-order valence-electron chi connectivity index (χ0n) is 17.8. The zero-order valence-corrected chi connectivity index (χ0v) is 17.8. The van der Waals surface area contributed by atoms with Gasteiger partial charge in [0.25, 0.3) is 0 Å². The zero-order chi connectivity index (χ0) is 22.1. The molecule has 1 aliphatic rings. The van der Waals surface area contributed by atoms with Crippen LogP contribution in [0.3, 0.4) is 0 Å². The van der Waals surface area contributed by atoms with Gasteiger partial charge >= 0.3 is 0 Å². The number of benzene rings is 1. The van der Waals surface area contributed by atoms with Crippen LogP contribution in [0.25, 0.3) is 0 Å². The molecule has 0 bridgehead atoms. The van der Waals surface area contributed by atoms with Crippen LogP contribution in [0.5, 0.6) is 5.75 Å². The van der Waals surface area contributed by atoms with E-state index in [9.17, 15) is 14.4 Å². The predicted octanol–water partition coefficient (Wildman–Crippen LogP) is 2.95. The van der Waals surface area contributed by atoms with Crippen LogP contribution in [-0.4, -0.2) is 42.8 Å². The van der Waals surface area contributed by atoms with Gasteiger partial charge < -0.3 is 24.7 Å². The number of carbonyl (C=O) groups is 3. The summed E-state index contributed by atoms with van der Waals surface area (Å²) in [7, 11) is 1.57. The fourth-order valence-corrected chi connectivity index (χ4v) is 3.70. The van der Waals surface area contributed by atoms with E-state index in [0.717, 1.165) is 32.1 Å². The molecule has 0 radical (unpaired) electrons. The van der Waals surface area contributed by atoms with E-state index in [4.69, 9.17) is 9.15 Å². The van der Waals surface area contributed by atoms with Gasteiger partial charge in [0.15, 0.2) is 0 Å². The van der Waals surface area contributed by atoms with Crippen molar-refractivity contribution in [3.8, 4) is 5.75 Å². The lowest BCUT2D eigenvalue weighted by atomic mass is 9.88. The molecule has 166 valence electrons. The highest BCUT2D eigenvalue weighted by molar-refractivity contribution is 5.95. The van der Waals surface area contributed by atoms with Crippen molar-refractivity contribution in [3.05, 3.63) is 48.4 Å². The number of hydrogen-bond acceptors (Lipinski definition) is 5. The maximum atomic E-state index is 13.0. The number of amides is 3. The maximum absolute atomic E-state index is 13.0. The molecular formula is C23H29N3O5. The van der Waals surface area contributed by atoms with Crippen molar-refractivity contribution in [1.29, 1.82) is 0 Å². The molecule has 1 aliphatic carbocycles. The summed E-state index contributed by atoms with van der Waals surface area (Å²) in [6, 6.07) is 10.4. The molecule has 1 heterocycles. The Balaban J connectivity index is 1.52. The van der Waals surface area contributed by atoms with Gasteiger partial charge in [0.05, 0.1) is 26.5 Å². The van der Waals surface area contributed by atoms with Crippen molar-refractivity contribution < 1.29 is 23.5 Å². The third-order valence-corrected chi connectivity index (χ3v) is 5.35. The number of hydrogen-bond donors (Lipinski definition) is 2. The predicted molar refractivity (Wildman–Crippen MR) is 115 cm³/mol. The fourth-order valence-electron chi connectivity index (χ4n) is 3.70. The minimum Gasteiger partial charge on any atom is -0.497 e. The molecule has 1 aromatic carbocycles. The minimum atomic E-state index is -0.388. The van der Waals surface area contributed by atoms with Crippen molar-refractivity contribution in [2.45, 2.75) is 38.6 Å². The number of nitrogens with zero attached hydrogens (tertiary/aromatic N) is 1. The lowest BCUT2D eigenvalue weighted by Crippen LogP contribution is -2.44. The molecule has 0 spiro atoms. The van der Waals surface area contributed by atoms with Crippen molar-refractivity contribution in [2.24, 2.45) is 5.92 Å². The van der Waals surface area contributed by atoms with Gasteiger partial charge in [-0.25, -0.2) is 0 Å². The first kappa shape index (κ1) is 22.4. The molecule has 1 aromatic heterocycles. The van der Waals surface area contributed by atoms with E-state index < -0.39 is 0 Å². The van der Waals surface area contributed by atoms with E-state index >= 15 is 0 Å². The average Bonchev–Trinajstić information content (AvgIpc) is 3.31. The third-order valence-electron chi connectivity index (χ3n) is 5.35. The summed E-state index contributed by atoms with van der Waals surface area (Å²) in [4.78, 5) is 39.1. The van der Waals surface area contributed by atoms with Crippen LogP contribution in [0.2, 0.25) is 0 Å². The Hall–Kier alpha value is -3.29. The first-order valence-electron chi connectivity index (χ1n) is 10.6. The van der Waals surface area contributed by atoms with Crippen LogP contribution in [0, 0.1) is 5.92 Å². The van der Waals surface area contributed by atoms with Crippen molar-refractivity contribution in [1.82, 2.24) is 10.2 Å². The van der Waals surface area contributed by atoms with Gasteiger partial charge in [-0.2, -0.15) is 0 Å². The second-order valence-electron chi connectivity index (χ2n) is 7.66. The highest BCUT2D eigenvalue weighted by Gasteiger charge is 2.28. The quantitative estimate of drug-likeness (QED) is 0.641. The van der Waals surface area contributed by atoms with Crippen LogP contribution in [0.4, 0.5) is 5.69 Å². The number of rotatable bonds is 9. The Labute approximate surface area is 181 Å². The van der Waals surface area contributed by atoms with Gasteiger partial charge in [-0.3, -0.25) is 14.4 Å². The van der Waals surface area contributed by atoms with E-state index in [1.54, 1.807) is 49.8 Å². The SMILES string of the molecule is COc1ccc(NC(=O)CNC(=O)CN(Cc2ccco2)C(=O)C2CCCCC2)cc1. The van der Waals surface area contributed by atoms with Crippen molar-refractivity contribution >= 4 is 23.4 Å². The van der Waals surface area contributed by atoms with Gasteiger partial charge in [0, 0.05) is 11.6 Å². The van der Waals surface area contributed by atoms with E-state index in [-0.39, 0.29) is 43.3 Å². The molecule has 0 saturated heterocycles. The largest absolute Gasteiger partial charge is 0.497 e.